The van der Waals surface area contributed by atoms with E-state index in [9.17, 15) is 14.0 Å². The largest absolute Gasteiger partial charge is 0.378 e. The van der Waals surface area contributed by atoms with Crippen molar-refractivity contribution in [2.75, 3.05) is 45.9 Å². The van der Waals surface area contributed by atoms with Crippen molar-refractivity contribution in [2.24, 2.45) is 0 Å². The van der Waals surface area contributed by atoms with E-state index in [4.69, 9.17) is 4.74 Å². The van der Waals surface area contributed by atoms with E-state index in [-0.39, 0.29) is 42.5 Å². The van der Waals surface area contributed by atoms with Crippen LogP contribution in [0.2, 0.25) is 0 Å². The van der Waals surface area contributed by atoms with Crippen molar-refractivity contribution in [1.82, 2.24) is 15.1 Å². The van der Waals surface area contributed by atoms with Crippen molar-refractivity contribution in [1.29, 1.82) is 0 Å². The molecule has 2 amide bonds. The van der Waals surface area contributed by atoms with E-state index in [0.717, 1.165) is 13.0 Å². The van der Waals surface area contributed by atoms with Crippen LogP contribution in [0.15, 0.2) is 24.3 Å². The van der Waals surface area contributed by atoms with E-state index in [1.807, 2.05) is 4.90 Å². The van der Waals surface area contributed by atoms with Gasteiger partial charge in [-0.1, -0.05) is 12.1 Å². The third-order valence-electron chi connectivity index (χ3n) is 4.87. The van der Waals surface area contributed by atoms with E-state index in [1.54, 1.807) is 17.0 Å². The summed E-state index contributed by atoms with van der Waals surface area (Å²) in [6, 6.07) is 6.21. The van der Waals surface area contributed by atoms with Gasteiger partial charge in [0.15, 0.2) is 0 Å². The molecule has 0 saturated carbocycles. The number of nitrogens with one attached hydrogen (secondary N) is 1. The molecule has 2 aliphatic rings. The van der Waals surface area contributed by atoms with Gasteiger partial charge in [-0.05, 0) is 24.1 Å². The first-order valence-corrected chi connectivity index (χ1v) is 9.23. The summed E-state index contributed by atoms with van der Waals surface area (Å²) in [5.74, 6) is -0.247. The molecule has 2 aliphatic heterocycles. The highest BCUT2D eigenvalue weighted by Gasteiger charge is 2.24. The molecule has 150 valence electrons. The SMILES string of the molecule is Cl.O=C(Cc1cccc(F)c1)N1CCCN(C(=O)CC2COCCN2)CC1. The first-order valence-electron chi connectivity index (χ1n) is 9.23. The molecular weight excluding hydrogens is 373 g/mol. The van der Waals surface area contributed by atoms with Crippen molar-refractivity contribution in [2.45, 2.75) is 25.3 Å². The van der Waals surface area contributed by atoms with Gasteiger partial charge in [0.1, 0.15) is 5.82 Å². The number of hydrogen-bond acceptors (Lipinski definition) is 4. The Hall–Kier alpha value is -1.70. The van der Waals surface area contributed by atoms with Crippen molar-refractivity contribution >= 4 is 24.2 Å². The second kappa shape index (κ2) is 10.6. The molecule has 27 heavy (non-hydrogen) atoms. The zero-order valence-electron chi connectivity index (χ0n) is 15.4. The summed E-state index contributed by atoms with van der Waals surface area (Å²) in [6.45, 7) is 4.39. The normalized spacial score (nSPS) is 20.6. The molecule has 1 N–H and O–H groups in total. The topological polar surface area (TPSA) is 61.9 Å². The van der Waals surface area contributed by atoms with Crippen molar-refractivity contribution in [3.8, 4) is 0 Å². The minimum atomic E-state index is -0.330. The molecule has 1 aromatic rings. The lowest BCUT2D eigenvalue weighted by Gasteiger charge is -2.27. The van der Waals surface area contributed by atoms with Crippen molar-refractivity contribution in [3.63, 3.8) is 0 Å². The quantitative estimate of drug-likeness (QED) is 0.827. The van der Waals surface area contributed by atoms with Gasteiger partial charge in [0, 0.05) is 45.2 Å². The van der Waals surface area contributed by atoms with Crippen LogP contribution in [0, 0.1) is 5.82 Å². The van der Waals surface area contributed by atoms with E-state index < -0.39 is 0 Å². The molecule has 2 fully saturated rings. The highest BCUT2D eigenvalue weighted by Crippen LogP contribution is 2.11. The first kappa shape index (κ1) is 21.6. The van der Waals surface area contributed by atoms with Crippen LogP contribution in [-0.2, 0) is 20.7 Å². The number of morpholine rings is 1. The summed E-state index contributed by atoms with van der Waals surface area (Å²) in [7, 11) is 0. The standard InChI is InChI=1S/C19H26FN3O3.ClH/c20-16-4-1-3-15(11-16)12-18(24)22-6-2-7-23(9-8-22)19(25)13-17-14-26-10-5-21-17;/h1,3-4,11,17,21H,2,5-10,12-14H2;1H. The molecule has 3 rings (SSSR count). The smallest absolute Gasteiger partial charge is 0.227 e. The number of carbonyl (C=O) groups is 2. The van der Waals surface area contributed by atoms with Crippen LogP contribution < -0.4 is 5.32 Å². The Bertz CT molecular complexity index is 640. The number of carbonyl (C=O) groups excluding carboxylic acids is 2. The summed E-state index contributed by atoms with van der Waals surface area (Å²) in [5, 5.41) is 3.30. The summed E-state index contributed by atoms with van der Waals surface area (Å²) >= 11 is 0. The maximum absolute atomic E-state index is 13.3. The van der Waals surface area contributed by atoms with E-state index >= 15 is 0 Å². The number of amides is 2. The average Bonchev–Trinajstić information content (AvgIpc) is 2.89. The van der Waals surface area contributed by atoms with Gasteiger partial charge in [0.25, 0.3) is 0 Å². The Labute approximate surface area is 165 Å². The second-order valence-corrected chi connectivity index (χ2v) is 6.85. The molecule has 2 saturated heterocycles. The van der Waals surface area contributed by atoms with Gasteiger partial charge in [0.2, 0.25) is 11.8 Å². The molecule has 0 spiro atoms. The number of benzene rings is 1. The first-order chi connectivity index (χ1) is 12.6. The van der Waals surface area contributed by atoms with Crippen LogP contribution in [0.4, 0.5) is 4.39 Å². The maximum atomic E-state index is 13.3. The van der Waals surface area contributed by atoms with Crippen molar-refractivity contribution in [3.05, 3.63) is 35.6 Å². The molecule has 0 aliphatic carbocycles. The van der Waals surface area contributed by atoms with Gasteiger partial charge in [-0.25, -0.2) is 4.39 Å². The third kappa shape index (κ3) is 6.45. The predicted molar refractivity (Wildman–Crippen MR) is 102 cm³/mol. The van der Waals surface area contributed by atoms with Gasteiger partial charge < -0.3 is 19.9 Å². The molecule has 8 heteroatoms. The predicted octanol–water partition coefficient (Wildman–Crippen LogP) is 1.23. The van der Waals surface area contributed by atoms with Crippen LogP contribution in [0.1, 0.15) is 18.4 Å². The zero-order chi connectivity index (χ0) is 18.4. The lowest BCUT2D eigenvalue weighted by atomic mass is 10.1. The lowest BCUT2D eigenvalue weighted by Crippen LogP contribution is -2.45. The second-order valence-electron chi connectivity index (χ2n) is 6.85. The molecule has 2 heterocycles. The summed E-state index contributed by atoms with van der Waals surface area (Å²) in [6.07, 6.45) is 1.38. The minimum absolute atomic E-state index is 0. The van der Waals surface area contributed by atoms with Crippen LogP contribution in [0.5, 0.6) is 0 Å². The third-order valence-corrected chi connectivity index (χ3v) is 4.87. The highest BCUT2D eigenvalue weighted by atomic mass is 35.5. The van der Waals surface area contributed by atoms with E-state index in [2.05, 4.69) is 5.32 Å². The molecule has 1 unspecified atom stereocenters. The molecule has 1 atom stereocenters. The fourth-order valence-corrected chi connectivity index (χ4v) is 3.44. The van der Waals surface area contributed by atoms with Crippen LogP contribution in [-0.4, -0.2) is 73.6 Å². The summed E-state index contributed by atoms with van der Waals surface area (Å²) in [5.41, 5.74) is 0.676. The Morgan fingerprint density at radius 3 is 2.56 bits per heavy atom. The zero-order valence-corrected chi connectivity index (χ0v) is 16.2. The fraction of sp³-hybridized carbons (Fsp3) is 0.579. The Morgan fingerprint density at radius 2 is 1.89 bits per heavy atom. The Morgan fingerprint density at radius 1 is 1.15 bits per heavy atom. The molecule has 0 aromatic heterocycles. The molecular formula is C19H27ClFN3O3. The number of halogens is 2. The minimum Gasteiger partial charge on any atom is -0.378 e. The number of rotatable bonds is 4. The molecule has 0 radical (unpaired) electrons. The fourth-order valence-electron chi connectivity index (χ4n) is 3.44. The number of nitrogens with zero attached hydrogens (tertiary/aromatic N) is 2. The van der Waals surface area contributed by atoms with Crippen molar-refractivity contribution < 1.29 is 18.7 Å². The van der Waals surface area contributed by atoms with E-state index in [1.165, 1.54) is 12.1 Å². The van der Waals surface area contributed by atoms with Gasteiger partial charge in [-0.3, -0.25) is 9.59 Å². The van der Waals surface area contributed by atoms with Crippen LogP contribution in [0.3, 0.4) is 0 Å². The Kier molecular flexibility index (Phi) is 8.47. The van der Waals surface area contributed by atoms with Gasteiger partial charge in [-0.2, -0.15) is 0 Å². The molecule has 6 nitrogen and oxygen atoms in total. The van der Waals surface area contributed by atoms with Gasteiger partial charge >= 0.3 is 0 Å². The molecule has 0 bridgehead atoms. The monoisotopic (exact) mass is 399 g/mol. The summed E-state index contributed by atoms with van der Waals surface area (Å²) < 4.78 is 18.7. The maximum Gasteiger partial charge on any atom is 0.227 e. The number of hydrogen-bond donors (Lipinski definition) is 1. The average molecular weight is 400 g/mol. The lowest BCUT2D eigenvalue weighted by molar-refractivity contribution is -0.134. The highest BCUT2D eigenvalue weighted by molar-refractivity contribution is 5.85. The summed E-state index contributed by atoms with van der Waals surface area (Å²) in [4.78, 5) is 28.6. The van der Waals surface area contributed by atoms with Crippen LogP contribution >= 0.6 is 12.4 Å². The van der Waals surface area contributed by atoms with E-state index in [0.29, 0.717) is 51.4 Å². The Balaban J connectivity index is 0.00000261. The van der Waals surface area contributed by atoms with Crippen LogP contribution in [0.25, 0.3) is 0 Å². The van der Waals surface area contributed by atoms with Gasteiger partial charge in [0.05, 0.1) is 19.6 Å². The van der Waals surface area contributed by atoms with Gasteiger partial charge in [-0.15, -0.1) is 12.4 Å². The number of ether oxygens (including phenoxy) is 1. The molecule has 1 aromatic carbocycles.